The number of benzene rings is 1. The number of rotatable bonds is 5. The summed E-state index contributed by atoms with van der Waals surface area (Å²) in [7, 11) is -3.13. The van der Waals surface area contributed by atoms with Crippen LogP contribution in [0.1, 0.15) is 31.7 Å². The van der Waals surface area contributed by atoms with Crippen molar-refractivity contribution in [2.45, 2.75) is 32.6 Å². The summed E-state index contributed by atoms with van der Waals surface area (Å²) >= 11 is 0. The molecule has 2 rings (SSSR count). The molecule has 1 saturated heterocycles. The summed E-state index contributed by atoms with van der Waals surface area (Å²) in [6, 6.07) is 3.94. The van der Waals surface area contributed by atoms with Gasteiger partial charge in [0.05, 0.1) is 5.75 Å². The number of aryl methyl sites for hydroxylation is 1. The molecular weight excluding hydrogens is 296 g/mol. The molecule has 3 nitrogen and oxygen atoms in total. The zero-order chi connectivity index (χ0) is 15.5. The molecule has 0 saturated carbocycles. The Hall–Kier alpha value is -1.01. The van der Waals surface area contributed by atoms with Gasteiger partial charge in [-0.3, -0.25) is 0 Å². The zero-order valence-electron chi connectivity index (χ0n) is 12.2. The summed E-state index contributed by atoms with van der Waals surface area (Å²) in [6.07, 6.45) is 3.28. The second-order valence-electron chi connectivity index (χ2n) is 5.55. The minimum atomic E-state index is -3.13. The van der Waals surface area contributed by atoms with Crippen LogP contribution in [-0.4, -0.2) is 31.6 Å². The molecule has 21 heavy (non-hydrogen) atoms. The fourth-order valence-corrected chi connectivity index (χ4v) is 3.97. The molecule has 1 unspecified atom stereocenters. The Bertz CT molecular complexity index is 589. The average Bonchev–Trinajstić information content (AvgIpc) is 2.49. The average molecular weight is 317 g/mol. The van der Waals surface area contributed by atoms with Gasteiger partial charge in [-0.15, -0.1) is 0 Å². The minimum absolute atomic E-state index is 0.128. The first kappa shape index (κ1) is 16.4. The van der Waals surface area contributed by atoms with Gasteiger partial charge in [-0.05, 0) is 56.2 Å². The molecule has 6 heteroatoms. The Morgan fingerprint density at radius 1 is 1.29 bits per heavy atom. The van der Waals surface area contributed by atoms with Gasteiger partial charge in [-0.1, -0.05) is 6.07 Å². The quantitative estimate of drug-likeness (QED) is 0.837. The summed E-state index contributed by atoms with van der Waals surface area (Å²) in [5.74, 6) is -1.25. The van der Waals surface area contributed by atoms with Crippen molar-refractivity contribution in [2.24, 2.45) is 5.92 Å². The van der Waals surface area contributed by atoms with Gasteiger partial charge < -0.3 is 0 Å². The minimum Gasteiger partial charge on any atom is -0.212 e. The smallest absolute Gasteiger partial charge is 0.212 e. The monoisotopic (exact) mass is 317 g/mol. The number of hydrogen-bond acceptors (Lipinski definition) is 2. The van der Waals surface area contributed by atoms with E-state index < -0.39 is 21.7 Å². The van der Waals surface area contributed by atoms with Gasteiger partial charge in [0.15, 0.2) is 11.6 Å². The van der Waals surface area contributed by atoms with E-state index in [1.165, 1.54) is 6.07 Å². The Labute approximate surface area is 125 Å². The van der Waals surface area contributed by atoms with Gasteiger partial charge >= 0.3 is 0 Å². The van der Waals surface area contributed by atoms with E-state index in [0.29, 0.717) is 19.5 Å². The molecule has 0 N–H and O–H groups in total. The fraction of sp³-hybridized carbons (Fsp3) is 0.600. The first-order valence-corrected chi connectivity index (χ1v) is 8.95. The van der Waals surface area contributed by atoms with Crippen LogP contribution in [0.25, 0.3) is 0 Å². The Morgan fingerprint density at radius 2 is 2.05 bits per heavy atom. The lowest BCUT2D eigenvalue weighted by molar-refractivity contribution is 0.256. The van der Waals surface area contributed by atoms with Crippen molar-refractivity contribution in [1.82, 2.24) is 4.31 Å². The lowest BCUT2D eigenvalue weighted by Crippen LogP contribution is -2.40. The number of nitrogens with zero attached hydrogens (tertiary/aromatic N) is 1. The highest BCUT2D eigenvalue weighted by Crippen LogP contribution is 2.24. The molecule has 0 bridgehead atoms. The number of halogens is 2. The predicted molar refractivity (Wildman–Crippen MR) is 78.4 cm³/mol. The van der Waals surface area contributed by atoms with E-state index >= 15 is 0 Å². The van der Waals surface area contributed by atoms with Crippen LogP contribution in [0.5, 0.6) is 0 Å². The predicted octanol–water partition coefficient (Wildman–Crippen LogP) is 2.96. The molecule has 0 amide bonds. The summed E-state index contributed by atoms with van der Waals surface area (Å²) in [5, 5.41) is 0. The van der Waals surface area contributed by atoms with E-state index in [1.807, 2.05) is 0 Å². The Morgan fingerprint density at radius 3 is 2.71 bits per heavy atom. The molecule has 1 heterocycles. The second-order valence-corrected chi connectivity index (χ2v) is 7.81. The topological polar surface area (TPSA) is 37.4 Å². The van der Waals surface area contributed by atoms with Crippen LogP contribution in [0.15, 0.2) is 18.2 Å². The van der Waals surface area contributed by atoms with Crippen LogP contribution in [0.2, 0.25) is 0 Å². The third-order valence-corrected chi connectivity index (χ3v) is 5.91. The van der Waals surface area contributed by atoms with Crippen molar-refractivity contribution >= 4 is 10.0 Å². The van der Waals surface area contributed by atoms with Crippen molar-refractivity contribution in [2.75, 3.05) is 18.8 Å². The third-order valence-electron chi connectivity index (χ3n) is 4.07. The maximum Gasteiger partial charge on any atom is 0.213 e. The summed E-state index contributed by atoms with van der Waals surface area (Å²) in [4.78, 5) is 0. The molecular formula is C15H21F2NO2S. The molecule has 1 fully saturated rings. The van der Waals surface area contributed by atoms with Crippen molar-refractivity contribution in [1.29, 1.82) is 0 Å². The maximum absolute atomic E-state index is 13.1. The van der Waals surface area contributed by atoms with Crippen LogP contribution < -0.4 is 0 Å². The first-order chi connectivity index (χ1) is 9.92. The molecule has 118 valence electrons. The second kappa shape index (κ2) is 6.83. The van der Waals surface area contributed by atoms with Gasteiger partial charge in [0.1, 0.15) is 0 Å². The summed E-state index contributed by atoms with van der Waals surface area (Å²) in [6.45, 7) is 2.79. The molecule has 1 aliphatic rings. The van der Waals surface area contributed by atoms with Crippen LogP contribution in [-0.2, 0) is 16.4 Å². The standard InChI is InChI=1S/C15H21F2NO2S/c1-2-21(19,20)18-9-3-4-13(11-18)6-5-12-7-8-14(16)15(17)10-12/h7-8,10,13H,2-6,9,11H2,1H3. The van der Waals surface area contributed by atoms with Crippen molar-refractivity contribution in [3.05, 3.63) is 35.4 Å². The van der Waals surface area contributed by atoms with Crippen molar-refractivity contribution < 1.29 is 17.2 Å². The maximum atomic E-state index is 13.1. The van der Waals surface area contributed by atoms with Crippen molar-refractivity contribution in [3.63, 3.8) is 0 Å². The molecule has 1 aromatic carbocycles. The third kappa shape index (κ3) is 4.23. The van der Waals surface area contributed by atoms with E-state index in [2.05, 4.69) is 0 Å². The van der Waals surface area contributed by atoms with Gasteiger partial charge in [0.25, 0.3) is 0 Å². The Kier molecular flexibility index (Phi) is 5.32. The largest absolute Gasteiger partial charge is 0.213 e. The number of sulfonamides is 1. The molecule has 1 aromatic rings. The molecule has 1 atom stereocenters. The van der Waals surface area contributed by atoms with Crippen LogP contribution in [0, 0.1) is 17.6 Å². The summed E-state index contributed by atoms with van der Waals surface area (Å²) < 4.78 is 51.4. The SMILES string of the molecule is CCS(=O)(=O)N1CCCC(CCc2ccc(F)c(F)c2)C1. The van der Waals surface area contributed by atoms with E-state index in [0.717, 1.165) is 30.9 Å². The van der Waals surface area contributed by atoms with E-state index in [4.69, 9.17) is 0 Å². The van der Waals surface area contributed by atoms with Gasteiger partial charge in [-0.25, -0.2) is 21.5 Å². The van der Waals surface area contributed by atoms with E-state index in [1.54, 1.807) is 17.3 Å². The normalized spacial score (nSPS) is 20.6. The lowest BCUT2D eigenvalue weighted by Gasteiger charge is -2.31. The number of piperidine rings is 1. The van der Waals surface area contributed by atoms with E-state index in [9.17, 15) is 17.2 Å². The van der Waals surface area contributed by atoms with Crippen molar-refractivity contribution in [3.8, 4) is 0 Å². The molecule has 0 radical (unpaired) electrons. The van der Waals surface area contributed by atoms with Gasteiger partial charge in [-0.2, -0.15) is 0 Å². The van der Waals surface area contributed by atoms with E-state index in [-0.39, 0.29) is 11.7 Å². The molecule has 0 spiro atoms. The molecule has 1 aliphatic heterocycles. The van der Waals surface area contributed by atoms with Gasteiger partial charge in [0, 0.05) is 13.1 Å². The van der Waals surface area contributed by atoms with Gasteiger partial charge in [0.2, 0.25) is 10.0 Å². The van der Waals surface area contributed by atoms with Crippen LogP contribution in [0.4, 0.5) is 8.78 Å². The number of hydrogen-bond donors (Lipinski definition) is 0. The summed E-state index contributed by atoms with van der Waals surface area (Å²) in [5.41, 5.74) is 0.754. The first-order valence-electron chi connectivity index (χ1n) is 7.34. The zero-order valence-corrected chi connectivity index (χ0v) is 13.0. The van der Waals surface area contributed by atoms with Crippen LogP contribution in [0.3, 0.4) is 0 Å². The fourth-order valence-electron chi connectivity index (χ4n) is 2.76. The highest BCUT2D eigenvalue weighted by molar-refractivity contribution is 7.89. The lowest BCUT2D eigenvalue weighted by atomic mass is 9.93. The highest BCUT2D eigenvalue weighted by atomic mass is 32.2. The van der Waals surface area contributed by atoms with Crippen LogP contribution >= 0.6 is 0 Å². The molecule has 0 aliphatic carbocycles. The molecule has 0 aromatic heterocycles. The Balaban J connectivity index is 1.92. The highest BCUT2D eigenvalue weighted by Gasteiger charge is 2.27.